The van der Waals surface area contributed by atoms with E-state index in [2.05, 4.69) is 0 Å². The molecule has 7 rings (SSSR count). The lowest BCUT2D eigenvalue weighted by molar-refractivity contribution is -0.357. The molecule has 0 aliphatic carbocycles. The number of benzene rings is 3. The largest absolute Gasteiger partial charge is 0.508 e. The Labute approximate surface area is 388 Å². The summed E-state index contributed by atoms with van der Waals surface area (Å²) in [6.45, 7) is -2.62. The number of hydrogen-bond donors (Lipinski definition) is 13. The van der Waals surface area contributed by atoms with Gasteiger partial charge in [-0.05, 0) is 48.0 Å². The number of carbonyl (C=O) groups is 1. The number of aliphatic hydroxyl groups is 10. The number of carbonyl (C=O) groups excluding carboxylic acids is 1. The third kappa shape index (κ3) is 10.4. The highest BCUT2D eigenvalue weighted by Crippen LogP contribution is 2.40. The first-order chi connectivity index (χ1) is 32.9. The number of hydrogen-bond acceptors (Lipinski definition) is 25. The SMILES string of the molecule is COc1cc(C=CC(=O)OC2C(Oc3c(-c4ccc(O)cc4)oc4cc(OC5OC(CO)C(O)C(O)C5OC5OC(CO)C(O)C(O)C5O)cc(O)c4c3=O)OC(CO)C(O)C2O)cc(OC)c1O. The minimum atomic E-state index is -2.02. The number of methoxy groups -OCH3 is 2. The van der Waals surface area contributed by atoms with Crippen LogP contribution in [0, 0.1) is 0 Å². The molecule has 3 fully saturated rings. The molecule has 0 amide bonds. The molecule has 3 saturated heterocycles. The van der Waals surface area contributed by atoms with Gasteiger partial charge in [0.15, 0.2) is 35.8 Å². The second-order valence-corrected chi connectivity index (χ2v) is 15.9. The van der Waals surface area contributed by atoms with Crippen LogP contribution in [-0.4, -0.2) is 199 Å². The Kier molecular flexibility index (Phi) is 15.8. The fraction of sp³-hybridized carbons (Fsp3) is 0.455. The summed E-state index contributed by atoms with van der Waals surface area (Å²) < 4.78 is 56.3. The highest BCUT2D eigenvalue weighted by Gasteiger charge is 2.52. The second-order valence-electron chi connectivity index (χ2n) is 15.9. The van der Waals surface area contributed by atoms with Gasteiger partial charge in [-0.2, -0.15) is 0 Å². The Morgan fingerprint density at radius 3 is 1.75 bits per heavy atom. The van der Waals surface area contributed by atoms with Crippen LogP contribution < -0.4 is 24.4 Å². The van der Waals surface area contributed by atoms with Crippen molar-refractivity contribution >= 4 is 23.0 Å². The van der Waals surface area contributed by atoms with Crippen molar-refractivity contribution in [1.29, 1.82) is 0 Å². The Bertz CT molecular complexity index is 2490. The molecule has 13 N–H and O–H groups in total. The molecular formula is C44H50O25. The zero-order valence-corrected chi connectivity index (χ0v) is 36.3. The van der Waals surface area contributed by atoms with Gasteiger partial charge >= 0.3 is 5.97 Å². The van der Waals surface area contributed by atoms with Crippen molar-refractivity contribution in [1.82, 2.24) is 0 Å². The number of rotatable bonds is 15. The monoisotopic (exact) mass is 978 g/mol. The van der Waals surface area contributed by atoms with Crippen molar-refractivity contribution in [2.75, 3.05) is 34.0 Å². The number of phenols is 3. The first-order valence-electron chi connectivity index (χ1n) is 20.9. The maximum Gasteiger partial charge on any atom is 0.331 e. The lowest BCUT2D eigenvalue weighted by Crippen LogP contribution is -2.65. The molecule has 15 unspecified atom stereocenters. The minimum Gasteiger partial charge on any atom is -0.508 e. The normalized spacial score (nSPS) is 31.6. The van der Waals surface area contributed by atoms with E-state index in [4.69, 9.17) is 47.0 Å². The minimum absolute atomic E-state index is 0.00177. The quantitative estimate of drug-likeness (QED) is 0.0418. The zero-order valence-electron chi connectivity index (χ0n) is 36.3. The topological polar surface area (TPSA) is 393 Å². The predicted molar refractivity (Wildman–Crippen MR) is 227 cm³/mol. The van der Waals surface area contributed by atoms with Crippen LogP contribution in [0.5, 0.6) is 40.2 Å². The Morgan fingerprint density at radius 2 is 1.19 bits per heavy atom. The van der Waals surface area contributed by atoms with Gasteiger partial charge in [-0.25, -0.2) is 4.79 Å². The van der Waals surface area contributed by atoms with E-state index >= 15 is 0 Å². The van der Waals surface area contributed by atoms with E-state index in [0.29, 0.717) is 0 Å². The summed E-state index contributed by atoms with van der Waals surface area (Å²) in [6.07, 6.45) is -25.3. The number of phenolic OH excluding ortho intramolecular Hbond substituents is 3. The molecule has 1 aromatic heterocycles. The molecule has 4 aromatic rings. The summed E-state index contributed by atoms with van der Waals surface area (Å²) in [7, 11) is 2.57. The molecule has 69 heavy (non-hydrogen) atoms. The van der Waals surface area contributed by atoms with Crippen molar-refractivity contribution in [2.45, 2.75) is 92.1 Å². The van der Waals surface area contributed by atoms with Gasteiger partial charge in [0.05, 0.1) is 34.0 Å². The van der Waals surface area contributed by atoms with Crippen molar-refractivity contribution < 1.29 is 118 Å². The summed E-state index contributed by atoms with van der Waals surface area (Å²) >= 11 is 0. The number of aliphatic hydroxyl groups excluding tert-OH is 10. The standard InChI is InChI=1S/C44H50O25/c1-60-22-9-16(10-23(61-2)29(22)51)3-8-27(50)67-40-35(57)31(53)26(15-47)66-44(40)68-39-33(55)28-20(49)11-19(12-21(28)63-38(39)17-4-6-18(48)7-5-17)62-43-41(36(58)32(54)25(14-46)65-43)69-42-37(59)34(56)30(52)24(13-45)64-42/h3-12,24-26,30-32,34-37,40-49,51-54,56-59H,13-15H2,1-2H3. The molecule has 0 spiro atoms. The maximum atomic E-state index is 14.5. The third-order valence-corrected chi connectivity index (χ3v) is 11.5. The van der Waals surface area contributed by atoms with Crippen LogP contribution in [0.1, 0.15) is 5.56 Å². The molecule has 0 radical (unpaired) electrons. The fourth-order valence-electron chi connectivity index (χ4n) is 7.74. The number of fused-ring (bicyclic) bond motifs is 1. The number of ether oxygens (including phenoxy) is 9. The van der Waals surface area contributed by atoms with Crippen LogP contribution in [0.4, 0.5) is 0 Å². The Hall–Kier alpha value is -5.88. The molecule has 15 atom stereocenters. The average Bonchev–Trinajstić information content (AvgIpc) is 3.33. The van der Waals surface area contributed by atoms with Gasteiger partial charge in [-0.1, -0.05) is 0 Å². The highest BCUT2D eigenvalue weighted by atomic mass is 16.8. The molecule has 25 nitrogen and oxygen atoms in total. The summed E-state index contributed by atoms with van der Waals surface area (Å²) in [5.41, 5.74) is -1.25. The molecular weight excluding hydrogens is 928 g/mol. The van der Waals surface area contributed by atoms with Crippen molar-refractivity contribution in [3.63, 3.8) is 0 Å². The van der Waals surface area contributed by atoms with Crippen LogP contribution >= 0.6 is 0 Å². The predicted octanol–water partition coefficient (Wildman–Crippen LogP) is -2.96. The van der Waals surface area contributed by atoms with E-state index < -0.39 is 152 Å². The molecule has 376 valence electrons. The molecule has 0 bridgehead atoms. The van der Waals surface area contributed by atoms with E-state index in [-0.39, 0.29) is 39.9 Å². The van der Waals surface area contributed by atoms with Gasteiger partial charge in [0, 0.05) is 23.8 Å². The lowest BCUT2D eigenvalue weighted by Gasteiger charge is -2.45. The molecule has 3 aliphatic heterocycles. The molecule has 3 aliphatic rings. The van der Waals surface area contributed by atoms with Crippen LogP contribution in [-0.2, 0) is 28.5 Å². The van der Waals surface area contributed by atoms with Gasteiger partial charge in [-0.3, -0.25) is 4.79 Å². The molecule has 25 heteroatoms. The van der Waals surface area contributed by atoms with Crippen LogP contribution in [0.25, 0.3) is 28.4 Å². The average molecular weight is 979 g/mol. The van der Waals surface area contributed by atoms with E-state index in [1.807, 2.05) is 0 Å². The summed E-state index contributed by atoms with van der Waals surface area (Å²) in [4.78, 5) is 27.8. The fourth-order valence-corrected chi connectivity index (χ4v) is 7.74. The maximum absolute atomic E-state index is 14.5. The van der Waals surface area contributed by atoms with Gasteiger partial charge < -0.3 is 113 Å². The first-order valence-corrected chi connectivity index (χ1v) is 20.9. The highest BCUT2D eigenvalue weighted by molar-refractivity contribution is 5.89. The first kappa shape index (κ1) is 51.0. The molecule has 0 saturated carbocycles. The van der Waals surface area contributed by atoms with E-state index in [0.717, 1.165) is 18.2 Å². The van der Waals surface area contributed by atoms with Gasteiger partial charge in [-0.15, -0.1) is 0 Å². The molecule has 3 aromatic carbocycles. The van der Waals surface area contributed by atoms with E-state index in [1.165, 1.54) is 56.7 Å². The molecule has 4 heterocycles. The van der Waals surface area contributed by atoms with E-state index in [1.54, 1.807) is 0 Å². The van der Waals surface area contributed by atoms with Crippen molar-refractivity contribution in [3.05, 3.63) is 70.4 Å². The smallest absolute Gasteiger partial charge is 0.331 e. The van der Waals surface area contributed by atoms with Gasteiger partial charge in [0.2, 0.25) is 29.5 Å². The Balaban J connectivity index is 1.24. The van der Waals surface area contributed by atoms with Crippen LogP contribution in [0.3, 0.4) is 0 Å². The number of aromatic hydroxyl groups is 3. The van der Waals surface area contributed by atoms with Gasteiger partial charge in [0.25, 0.3) is 0 Å². The van der Waals surface area contributed by atoms with Crippen molar-refractivity contribution in [2.24, 2.45) is 0 Å². The summed E-state index contributed by atoms with van der Waals surface area (Å²) in [6, 6.07) is 9.65. The summed E-state index contributed by atoms with van der Waals surface area (Å²) in [5.74, 6) is -4.12. The lowest BCUT2D eigenvalue weighted by atomic mass is 9.97. The van der Waals surface area contributed by atoms with Crippen molar-refractivity contribution in [3.8, 4) is 51.6 Å². The van der Waals surface area contributed by atoms with Gasteiger partial charge in [0.1, 0.15) is 89.3 Å². The zero-order chi connectivity index (χ0) is 50.0. The van der Waals surface area contributed by atoms with Crippen LogP contribution in [0.15, 0.2) is 63.8 Å². The van der Waals surface area contributed by atoms with E-state index in [9.17, 15) is 76.0 Å². The number of esters is 1. The van der Waals surface area contributed by atoms with Crippen LogP contribution in [0.2, 0.25) is 0 Å². The summed E-state index contributed by atoms with van der Waals surface area (Å²) in [5, 5.41) is 136. The second kappa shape index (κ2) is 21.4. The Morgan fingerprint density at radius 1 is 0.652 bits per heavy atom. The third-order valence-electron chi connectivity index (χ3n) is 11.5.